The maximum absolute atomic E-state index is 5.15. The highest BCUT2D eigenvalue weighted by molar-refractivity contribution is 5.30. The number of benzene rings is 1. The van der Waals surface area contributed by atoms with Crippen LogP contribution in [0.3, 0.4) is 0 Å². The summed E-state index contributed by atoms with van der Waals surface area (Å²) in [5.41, 5.74) is 1.45. The Morgan fingerprint density at radius 3 is 2.47 bits per heavy atom. The van der Waals surface area contributed by atoms with Crippen LogP contribution in [-0.2, 0) is 0 Å². The number of rotatable bonds is 4. The van der Waals surface area contributed by atoms with Crippen molar-refractivity contribution in [2.24, 2.45) is 0 Å². The van der Waals surface area contributed by atoms with E-state index in [1.54, 1.807) is 7.11 Å². The smallest absolute Gasteiger partial charge is 0.118 e. The fraction of sp³-hybridized carbons (Fsp3) is 0.538. The second-order valence-electron chi connectivity index (χ2n) is 4.20. The molecule has 2 heteroatoms. The highest BCUT2D eigenvalue weighted by atomic mass is 16.5. The summed E-state index contributed by atoms with van der Waals surface area (Å²) in [6.07, 6.45) is 2.56. The minimum atomic E-state index is 0.738. The highest BCUT2D eigenvalue weighted by Crippen LogP contribution is 2.37. The van der Waals surface area contributed by atoms with E-state index in [1.807, 2.05) is 0 Å². The lowest BCUT2D eigenvalue weighted by atomic mass is 9.76. The average molecular weight is 205 g/mol. The Balaban J connectivity index is 1.89. The molecule has 0 aromatic heterocycles. The van der Waals surface area contributed by atoms with Crippen molar-refractivity contribution in [2.75, 3.05) is 13.7 Å². The van der Waals surface area contributed by atoms with Crippen LogP contribution in [-0.4, -0.2) is 19.7 Å². The van der Waals surface area contributed by atoms with Gasteiger partial charge in [0.15, 0.2) is 0 Å². The predicted molar refractivity (Wildman–Crippen MR) is 62.4 cm³/mol. The zero-order valence-corrected chi connectivity index (χ0v) is 9.49. The van der Waals surface area contributed by atoms with Gasteiger partial charge in [0.2, 0.25) is 0 Å². The quantitative estimate of drug-likeness (QED) is 0.815. The molecule has 0 bridgehead atoms. The maximum Gasteiger partial charge on any atom is 0.118 e. The molecule has 1 N–H and O–H groups in total. The molecule has 2 rings (SSSR count). The standard InChI is InChI=1S/C13H19NO/c1-3-14-12-8-11(9-12)10-4-6-13(15-2)7-5-10/h4-7,11-12,14H,3,8-9H2,1-2H3. The van der Waals surface area contributed by atoms with Crippen LogP contribution in [0.15, 0.2) is 24.3 Å². The van der Waals surface area contributed by atoms with Crippen LogP contribution in [0.25, 0.3) is 0 Å². The molecule has 1 aliphatic carbocycles. The Morgan fingerprint density at radius 2 is 1.93 bits per heavy atom. The fourth-order valence-corrected chi connectivity index (χ4v) is 2.22. The Hall–Kier alpha value is -1.02. The second kappa shape index (κ2) is 4.67. The van der Waals surface area contributed by atoms with E-state index in [4.69, 9.17) is 4.74 Å². The lowest BCUT2D eigenvalue weighted by Gasteiger charge is -2.36. The van der Waals surface area contributed by atoms with Crippen molar-refractivity contribution in [1.29, 1.82) is 0 Å². The summed E-state index contributed by atoms with van der Waals surface area (Å²) in [6.45, 7) is 3.25. The minimum Gasteiger partial charge on any atom is -0.497 e. The van der Waals surface area contributed by atoms with E-state index in [-0.39, 0.29) is 0 Å². The first kappa shape index (κ1) is 10.5. The van der Waals surface area contributed by atoms with Crippen molar-refractivity contribution < 1.29 is 4.74 Å². The Labute approximate surface area is 91.6 Å². The van der Waals surface area contributed by atoms with E-state index >= 15 is 0 Å². The molecule has 1 saturated carbocycles. The molecule has 0 heterocycles. The van der Waals surface area contributed by atoms with Gasteiger partial charge in [0, 0.05) is 6.04 Å². The van der Waals surface area contributed by atoms with Crippen molar-refractivity contribution in [3.8, 4) is 5.75 Å². The maximum atomic E-state index is 5.15. The topological polar surface area (TPSA) is 21.3 Å². The zero-order valence-electron chi connectivity index (χ0n) is 9.49. The van der Waals surface area contributed by atoms with Gasteiger partial charge >= 0.3 is 0 Å². The van der Waals surface area contributed by atoms with Crippen LogP contribution in [0.5, 0.6) is 5.75 Å². The Kier molecular flexibility index (Phi) is 3.27. The summed E-state index contributed by atoms with van der Waals surface area (Å²) in [5.74, 6) is 1.70. The molecule has 0 unspecified atom stereocenters. The lowest BCUT2D eigenvalue weighted by Crippen LogP contribution is -2.39. The first-order valence-electron chi connectivity index (χ1n) is 5.70. The van der Waals surface area contributed by atoms with Crippen LogP contribution in [0.2, 0.25) is 0 Å². The van der Waals surface area contributed by atoms with Gasteiger partial charge in [0.05, 0.1) is 7.11 Å². The summed E-state index contributed by atoms with van der Waals surface area (Å²) in [4.78, 5) is 0. The number of methoxy groups -OCH3 is 1. The SMILES string of the molecule is CCNC1CC(c2ccc(OC)cc2)C1. The van der Waals surface area contributed by atoms with Crippen LogP contribution >= 0.6 is 0 Å². The van der Waals surface area contributed by atoms with Crippen molar-refractivity contribution >= 4 is 0 Å². The molecule has 0 saturated heterocycles. The molecule has 0 aliphatic heterocycles. The van der Waals surface area contributed by atoms with Crippen molar-refractivity contribution in [3.05, 3.63) is 29.8 Å². The molecule has 1 aliphatic rings. The summed E-state index contributed by atoms with van der Waals surface area (Å²) >= 11 is 0. The van der Waals surface area contributed by atoms with Crippen LogP contribution < -0.4 is 10.1 Å². The van der Waals surface area contributed by atoms with Crippen LogP contribution in [0.4, 0.5) is 0 Å². The molecule has 0 amide bonds. The van der Waals surface area contributed by atoms with Crippen molar-refractivity contribution in [1.82, 2.24) is 5.32 Å². The molecule has 0 atom stereocenters. The molecule has 15 heavy (non-hydrogen) atoms. The van der Waals surface area contributed by atoms with E-state index in [9.17, 15) is 0 Å². The highest BCUT2D eigenvalue weighted by Gasteiger charge is 2.29. The van der Waals surface area contributed by atoms with Gasteiger partial charge in [-0.15, -0.1) is 0 Å². The molecule has 82 valence electrons. The third-order valence-corrected chi connectivity index (χ3v) is 3.22. The van der Waals surface area contributed by atoms with Gasteiger partial charge in [-0.3, -0.25) is 0 Å². The molecular weight excluding hydrogens is 186 g/mol. The Bertz CT molecular complexity index is 301. The summed E-state index contributed by atoms with van der Waals surface area (Å²) < 4.78 is 5.15. The van der Waals surface area contributed by atoms with Crippen molar-refractivity contribution in [3.63, 3.8) is 0 Å². The van der Waals surface area contributed by atoms with E-state index < -0.39 is 0 Å². The number of hydrogen-bond donors (Lipinski definition) is 1. The fourth-order valence-electron chi connectivity index (χ4n) is 2.22. The van der Waals surface area contributed by atoms with E-state index in [0.717, 1.165) is 24.3 Å². The van der Waals surface area contributed by atoms with Gasteiger partial charge in [-0.2, -0.15) is 0 Å². The molecular formula is C13H19NO. The summed E-state index contributed by atoms with van der Waals surface area (Å²) in [7, 11) is 1.71. The molecule has 2 nitrogen and oxygen atoms in total. The lowest BCUT2D eigenvalue weighted by molar-refractivity contribution is 0.296. The van der Waals surface area contributed by atoms with Gasteiger partial charge in [0.25, 0.3) is 0 Å². The monoisotopic (exact) mass is 205 g/mol. The number of nitrogens with one attached hydrogen (secondary N) is 1. The number of ether oxygens (including phenoxy) is 1. The third kappa shape index (κ3) is 2.32. The molecule has 1 fully saturated rings. The van der Waals surface area contributed by atoms with Crippen LogP contribution in [0.1, 0.15) is 31.2 Å². The zero-order chi connectivity index (χ0) is 10.7. The summed E-state index contributed by atoms with van der Waals surface area (Å²) in [5, 5.41) is 3.48. The second-order valence-corrected chi connectivity index (χ2v) is 4.20. The Morgan fingerprint density at radius 1 is 1.27 bits per heavy atom. The third-order valence-electron chi connectivity index (χ3n) is 3.22. The first-order chi connectivity index (χ1) is 7.33. The van der Waals surface area contributed by atoms with E-state index in [1.165, 1.54) is 18.4 Å². The van der Waals surface area contributed by atoms with Gasteiger partial charge in [-0.1, -0.05) is 19.1 Å². The van der Waals surface area contributed by atoms with E-state index in [0.29, 0.717) is 0 Å². The molecule has 1 aromatic rings. The van der Waals surface area contributed by atoms with Crippen LogP contribution in [0, 0.1) is 0 Å². The largest absolute Gasteiger partial charge is 0.497 e. The normalized spacial score (nSPS) is 24.7. The van der Waals surface area contributed by atoms with E-state index in [2.05, 4.69) is 36.5 Å². The van der Waals surface area contributed by atoms with Crippen molar-refractivity contribution in [2.45, 2.75) is 31.7 Å². The first-order valence-corrected chi connectivity index (χ1v) is 5.70. The molecule has 0 spiro atoms. The van der Waals surface area contributed by atoms with Gasteiger partial charge in [0.1, 0.15) is 5.75 Å². The van der Waals surface area contributed by atoms with Gasteiger partial charge in [-0.25, -0.2) is 0 Å². The predicted octanol–water partition coefficient (Wildman–Crippen LogP) is 2.55. The minimum absolute atomic E-state index is 0.738. The average Bonchev–Trinajstić information content (AvgIpc) is 2.23. The van der Waals surface area contributed by atoms with Gasteiger partial charge < -0.3 is 10.1 Å². The summed E-state index contributed by atoms with van der Waals surface area (Å²) in [6, 6.07) is 9.21. The number of hydrogen-bond acceptors (Lipinski definition) is 2. The molecule has 1 aromatic carbocycles. The molecule has 0 radical (unpaired) electrons. The van der Waals surface area contributed by atoms with Gasteiger partial charge in [-0.05, 0) is 43.0 Å².